The quantitative estimate of drug-likeness (QED) is 0.809. The first kappa shape index (κ1) is 12.7. The maximum Gasteiger partial charge on any atom is 0.118 e. The van der Waals surface area contributed by atoms with Crippen LogP contribution in [0.25, 0.3) is 0 Å². The van der Waals surface area contributed by atoms with Crippen LogP contribution in [0.4, 0.5) is 0 Å². The first-order valence-corrected chi connectivity index (χ1v) is 6.60. The van der Waals surface area contributed by atoms with Gasteiger partial charge in [0.15, 0.2) is 0 Å². The third-order valence-corrected chi connectivity index (χ3v) is 4.09. The lowest BCUT2D eigenvalue weighted by molar-refractivity contribution is 0.473. The van der Waals surface area contributed by atoms with E-state index in [9.17, 15) is 0 Å². The number of hydrogen-bond acceptors (Lipinski definition) is 3. The Morgan fingerprint density at radius 2 is 2.20 bits per heavy atom. The Labute approximate surface area is 96.6 Å². The largest absolute Gasteiger partial charge is 0.468 e. The molecule has 0 saturated heterocycles. The van der Waals surface area contributed by atoms with Gasteiger partial charge in [0.25, 0.3) is 0 Å². The van der Waals surface area contributed by atoms with Crippen LogP contribution in [0, 0.1) is 5.92 Å². The summed E-state index contributed by atoms with van der Waals surface area (Å²) in [5.41, 5.74) is 6.11. The normalized spacial score (nSPS) is 15.5. The van der Waals surface area contributed by atoms with E-state index in [2.05, 4.69) is 20.8 Å². The van der Waals surface area contributed by atoms with Crippen molar-refractivity contribution >= 4 is 11.8 Å². The first-order valence-electron chi connectivity index (χ1n) is 5.55. The highest BCUT2D eigenvalue weighted by molar-refractivity contribution is 7.99. The SMILES string of the molecule is CCC(N)C(SCC(C)C)c1ccco1. The maximum atomic E-state index is 6.11. The molecule has 0 saturated carbocycles. The summed E-state index contributed by atoms with van der Waals surface area (Å²) < 4.78 is 5.45. The molecule has 3 heteroatoms. The number of furan rings is 1. The minimum Gasteiger partial charge on any atom is -0.468 e. The molecule has 2 N–H and O–H groups in total. The second kappa shape index (κ2) is 6.23. The van der Waals surface area contributed by atoms with Gasteiger partial charge in [0, 0.05) is 6.04 Å². The molecule has 0 amide bonds. The van der Waals surface area contributed by atoms with Gasteiger partial charge in [0.1, 0.15) is 5.76 Å². The fourth-order valence-electron chi connectivity index (χ4n) is 1.38. The molecule has 0 spiro atoms. The minimum atomic E-state index is 0.180. The van der Waals surface area contributed by atoms with Gasteiger partial charge in [-0.1, -0.05) is 20.8 Å². The molecular weight excluding hydrogens is 206 g/mol. The van der Waals surface area contributed by atoms with Gasteiger partial charge in [-0.05, 0) is 30.2 Å². The highest BCUT2D eigenvalue weighted by atomic mass is 32.2. The molecule has 0 aliphatic heterocycles. The van der Waals surface area contributed by atoms with Gasteiger partial charge in [0.05, 0.1) is 11.5 Å². The molecule has 1 aromatic rings. The van der Waals surface area contributed by atoms with Gasteiger partial charge in [-0.15, -0.1) is 11.8 Å². The molecule has 15 heavy (non-hydrogen) atoms. The van der Waals surface area contributed by atoms with Gasteiger partial charge in [0.2, 0.25) is 0 Å². The molecule has 1 rings (SSSR count). The van der Waals surface area contributed by atoms with Gasteiger partial charge in [-0.25, -0.2) is 0 Å². The zero-order chi connectivity index (χ0) is 11.3. The van der Waals surface area contributed by atoms with E-state index in [1.54, 1.807) is 6.26 Å². The summed E-state index contributed by atoms with van der Waals surface area (Å²) in [5, 5.41) is 0.299. The first-order chi connectivity index (χ1) is 7.15. The third kappa shape index (κ3) is 3.92. The lowest BCUT2D eigenvalue weighted by Gasteiger charge is -2.21. The van der Waals surface area contributed by atoms with Gasteiger partial charge in [-0.2, -0.15) is 0 Å². The lowest BCUT2D eigenvalue weighted by atomic mass is 10.1. The average molecular weight is 227 g/mol. The molecule has 0 bridgehead atoms. The molecular formula is C12H21NOS. The van der Waals surface area contributed by atoms with Crippen LogP contribution < -0.4 is 5.73 Å². The average Bonchev–Trinajstić information content (AvgIpc) is 2.70. The van der Waals surface area contributed by atoms with Crippen LogP contribution >= 0.6 is 11.8 Å². The van der Waals surface area contributed by atoms with Crippen molar-refractivity contribution < 1.29 is 4.42 Å². The smallest absolute Gasteiger partial charge is 0.118 e. The van der Waals surface area contributed by atoms with Crippen molar-refractivity contribution in [3.8, 4) is 0 Å². The van der Waals surface area contributed by atoms with Crippen molar-refractivity contribution in [2.24, 2.45) is 11.7 Å². The van der Waals surface area contributed by atoms with Crippen molar-refractivity contribution in [1.82, 2.24) is 0 Å². The summed E-state index contributed by atoms with van der Waals surface area (Å²) in [7, 11) is 0. The Bertz CT molecular complexity index is 259. The zero-order valence-electron chi connectivity index (χ0n) is 9.77. The number of hydrogen-bond donors (Lipinski definition) is 1. The fourth-order valence-corrected chi connectivity index (χ4v) is 2.71. The maximum absolute atomic E-state index is 6.11. The van der Waals surface area contributed by atoms with Crippen molar-refractivity contribution in [3.05, 3.63) is 24.2 Å². The van der Waals surface area contributed by atoms with Gasteiger partial charge < -0.3 is 10.2 Å². The van der Waals surface area contributed by atoms with Crippen LogP contribution in [0.1, 0.15) is 38.2 Å². The summed E-state index contributed by atoms with van der Waals surface area (Å²) in [6.07, 6.45) is 2.71. The molecule has 1 heterocycles. The van der Waals surface area contributed by atoms with Crippen molar-refractivity contribution in [1.29, 1.82) is 0 Å². The lowest BCUT2D eigenvalue weighted by Crippen LogP contribution is -2.26. The second-order valence-corrected chi connectivity index (χ2v) is 5.41. The molecule has 0 fully saturated rings. The zero-order valence-corrected chi connectivity index (χ0v) is 10.6. The van der Waals surface area contributed by atoms with E-state index >= 15 is 0 Å². The van der Waals surface area contributed by atoms with Crippen molar-refractivity contribution in [3.63, 3.8) is 0 Å². The summed E-state index contributed by atoms with van der Waals surface area (Å²) in [6, 6.07) is 4.13. The van der Waals surface area contributed by atoms with Crippen molar-refractivity contribution in [2.45, 2.75) is 38.5 Å². The highest BCUT2D eigenvalue weighted by Gasteiger charge is 2.21. The van der Waals surface area contributed by atoms with E-state index in [0.717, 1.165) is 17.9 Å². The Kier molecular flexibility index (Phi) is 5.26. The Morgan fingerprint density at radius 3 is 2.67 bits per heavy atom. The van der Waals surface area contributed by atoms with Crippen molar-refractivity contribution in [2.75, 3.05) is 5.75 Å². The Balaban J connectivity index is 2.62. The van der Waals surface area contributed by atoms with E-state index in [-0.39, 0.29) is 6.04 Å². The number of rotatable bonds is 6. The molecule has 0 aromatic carbocycles. The summed E-state index contributed by atoms with van der Waals surface area (Å²) >= 11 is 1.90. The highest BCUT2D eigenvalue weighted by Crippen LogP contribution is 2.33. The predicted octanol–water partition coefficient (Wildman–Crippen LogP) is 3.45. The topological polar surface area (TPSA) is 39.2 Å². The Hall–Kier alpha value is -0.410. The standard InChI is InChI=1S/C12H21NOS/c1-4-10(13)12(15-8-9(2)3)11-6-5-7-14-11/h5-7,9-10,12H,4,8,13H2,1-3H3. The van der Waals surface area contributed by atoms with Crippen LogP contribution in [0.3, 0.4) is 0 Å². The van der Waals surface area contributed by atoms with Crippen LogP contribution in [0.5, 0.6) is 0 Å². The summed E-state index contributed by atoms with van der Waals surface area (Å²) in [4.78, 5) is 0. The van der Waals surface area contributed by atoms with Gasteiger partial charge >= 0.3 is 0 Å². The second-order valence-electron chi connectivity index (χ2n) is 4.24. The Morgan fingerprint density at radius 1 is 1.47 bits per heavy atom. The predicted molar refractivity (Wildman–Crippen MR) is 67.0 cm³/mol. The van der Waals surface area contributed by atoms with Crippen LogP contribution in [-0.2, 0) is 0 Å². The fraction of sp³-hybridized carbons (Fsp3) is 0.667. The summed E-state index contributed by atoms with van der Waals surface area (Å²) in [6.45, 7) is 6.57. The summed E-state index contributed by atoms with van der Waals surface area (Å²) in [5.74, 6) is 2.82. The van der Waals surface area contributed by atoms with E-state index < -0.39 is 0 Å². The monoisotopic (exact) mass is 227 g/mol. The van der Waals surface area contributed by atoms with E-state index in [1.165, 1.54) is 0 Å². The third-order valence-electron chi connectivity index (χ3n) is 2.29. The molecule has 0 radical (unpaired) electrons. The molecule has 0 aliphatic carbocycles. The number of thioether (sulfide) groups is 1. The molecule has 0 aliphatic rings. The molecule has 86 valence electrons. The van der Waals surface area contributed by atoms with Crippen LogP contribution in [-0.4, -0.2) is 11.8 Å². The van der Waals surface area contributed by atoms with E-state index in [1.807, 2.05) is 23.9 Å². The molecule has 2 nitrogen and oxygen atoms in total. The number of nitrogens with two attached hydrogens (primary N) is 1. The molecule has 1 aromatic heterocycles. The minimum absolute atomic E-state index is 0.180. The molecule has 2 unspecified atom stereocenters. The van der Waals surface area contributed by atoms with Crippen LogP contribution in [0.2, 0.25) is 0 Å². The molecule has 2 atom stereocenters. The van der Waals surface area contributed by atoms with Gasteiger partial charge in [-0.3, -0.25) is 0 Å². The van der Waals surface area contributed by atoms with E-state index in [4.69, 9.17) is 10.2 Å². The van der Waals surface area contributed by atoms with E-state index in [0.29, 0.717) is 11.2 Å². The van der Waals surface area contributed by atoms with Crippen LogP contribution in [0.15, 0.2) is 22.8 Å².